The van der Waals surface area contributed by atoms with E-state index in [0.717, 1.165) is 4.88 Å². The maximum absolute atomic E-state index is 5.94. The largest absolute Gasteiger partial charge is 0.344 e. The van der Waals surface area contributed by atoms with Crippen LogP contribution in [-0.2, 0) is 9.47 Å². The van der Waals surface area contributed by atoms with Crippen LogP contribution in [-0.4, -0.2) is 16.9 Å². The normalized spacial score (nSPS) is 29.7. The van der Waals surface area contributed by atoms with Gasteiger partial charge in [-0.3, -0.25) is 0 Å². The molecule has 1 radical (unpaired) electrons. The smallest absolute Gasteiger partial charge is 0.185 e. The Kier molecular flexibility index (Phi) is 2.99. The van der Waals surface area contributed by atoms with Crippen molar-refractivity contribution in [3.8, 4) is 0 Å². The first-order chi connectivity index (χ1) is 6.89. The molecule has 0 aromatic carbocycles. The number of aromatic nitrogens is 1. The lowest BCUT2D eigenvalue weighted by Gasteiger charge is -2.16. The van der Waals surface area contributed by atoms with Crippen molar-refractivity contribution in [3.05, 3.63) is 21.4 Å². The van der Waals surface area contributed by atoms with Crippen LogP contribution in [0.3, 0.4) is 0 Å². The Bertz CT molecular complexity index is 380. The number of halogens is 2. The molecule has 0 N–H and O–H groups in total. The molecular formula is C9H10Cl2NO2S. The van der Waals surface area contributed by atoms with Gasteiger partial charge in [0.2, 0.25) is 0 Å². The minimum atomic E-state index is -0.642. The maximum atomic E-state index is 5.94. The van der Waals surface area contributed by atoms with Crippen molar-refractivity contribution < 1.29 is 9.47 Å². The number of rotatable bonds is 1. The minimum Gasteiger partial charge on any atom is -0.344 e. The van der Waals surface area contributed by atoms with Crippen molar-refractivity contribution in [1.82, 2.24) is 4.98 Å². The van der Waals surface area contributed by atoms with Crippen LogP contribution in [0.1, 0.15) is 24.8 Å². The fourth-order valence-corrected chi connectivity index (χ4v) is 3.02. The van der Waals surface area contributed by atoms with Crippen LogP contribution < -0.4 is 0 Å². The van der Waals surface area contributed by atoms with E-state index >= 15 is 0 Å². The third-order valence-corrected chi connectivity index (χ3v) is 3.65. The molecule has 3 nitrogen and oxygen atoms in total. The van der Waals surface area contributed by atoms with E-state index in [9.17, 15) is 0 Å². The molecule has 15 heavy (non-hydrogen) atoms. The van der Waals surface area contributed by atoms with Gasteiger partial charge < -0.3 is 9.47 Å². The standard InChI is InChI=1S/C9H10Cl2NO2S/c1-4-5(14-9(2,3)13-4)6-7(10)12-8(11)15-6/h4-5H,1H2,2-3H3/t4-,5+/m0/s1. The summed E-state index contributed by atoms with van der Waals surface area (Å²) in [5, 5.41) is 0.366. The fourth-order valence-electron chi connectivity index (χ4n) is 1.52. The highest BCUT2D eigenvalue weighted by Gasteiger charge is 2.41. The molecule has 0 aliphatic carbocycles. The maximum Gasteiger partial charge on any atom is 0.185 e. The summed E-state index contributed by atoms with van der Waals surface area (Å²) < 4.78 is 11.6. The summed E-state index contributed by atoms with van der Waals surface area (Å²) in [6.07, 6.45) is -0.591. The van der Waals surface area contributed by atoms with E-state index in [1.807, 2.05) is 13.8 Å². The van der Waals surface area contributed by atoms with E-state index in [1.54, 1.807) is 0 Å². The molecule has 1 aliphatic heterocycles. The minimum absolute atomic E-state index is 0.294. The molecule has 0 amide bonds. The van der Waals surface area contributed by atoms with Gasteiger partial charge in [-0.2, -0.15) is 0 Å². The van der Waals surface area contributed by atoms with E-state index < -0.39 is 5.79 Å². The molecule has 1 aromatic heterocycles. The predicted octanol–water partition coefficient (Wildman–Crippen LogP) is 3.48. The third kappa shape index (κ3) is 2.29. The summed E-state index contributed by atoms with van der Waals surface area (Å²) in [6.45, 7) is 7.54. The van der Waals surface area contributed by atoms with Gasteiger partial charge in [0.05, 0.1) is 11.0 Å². The highest BCUT2D eigenvalue weighted by atomic mass is 35.5. The van der Waals surface area contributed by atoms with Gasteiger partial charge in [0.15, 0.2) is 10.3 Å². The predicted molar refractivity (Wildman–Crippen MR) is 60.3 cm³/mol. The first kappa shape index (κ1) is 11.6. The first-order valence-corrected chi connectivity index (χ1v) is 5.97. The van der Waals surface area contributed by atoms with Crippen molar-refractivity contribution in [2.75, 3.05) is 0 Å². The van der Waals surface area contributed by atoms with E-state index in [0.29, 0.717) is 9.62 Å². The molecule has 1 aliphatic rings. The van der Waals surface area contributed by atoms with Gasteiger partial charge in [-0.05, 0) is 20.8 Å². The lowest BCUT2D eigenvalue weighted by molar-refractivity contribution is -0.143. The second kappa shape index (κ2) is 3.86. The van der Waals surface area contributed by atoms with Crippen LogP contribution in [0.4, 0.5) is 0 Å². The Morgan fingerprint density at radius 2 is 2.07 bits per heavy atom. The molecule has 2 atom stereocenters. The van der Waals surface area contributed by atoms with Gasteiger partial charge in [0.1, 0.15) is 11.3 Å². The molecule has 2 heterocycles. The second-order valence-electron chi connectivity index (χ2n) is 3.72. The highest BCUT2D eigenvalue weighted by Crippen LogP contribution is 2.43. The second-order valence-corrected chi connectivity index (χ2v) is 5.69. The Hall–Kier alpha value is 0.130. The van der Waals surface area contributed by atoms with Gasteiger partial charge in [-0.15, -0.1) is 11.3 Å². The van der Waals surface area contributed by atoms with Crippen LogP contribution in [0.2, 0.25) is 9.62 Å². The van der Waals surface area contributed by atoms with Crippen LogP contribution in [0.5, 0.6) is 0 Å². The summed E-state index contributed by atoms with van der Waals surface area (Å²) >= 11 is 13.0. The van der Waals surface area contributed by atoms with Crippen molar-refractivity contribution in [2.45, 2.75) is 31.8 Å². The average Bonchev–Trinajstić information content (AvgIpc) is 2.52. The van der Waals surface area contributed by atoms with Crippen molar-refractivity contribution >= 4 is 34.5 Å². The zero-order valence-corrected chi connectivity index (χ0v) is 10.6. The molecule has 6 heteroatoms. The van der Waals surface area contributed by atoms with E-state index in [4.69, 9.17) is 32.7 Å². The lowest BCUT2D eigenvalue weighted by Crippen LogP contribution is -2.20. The molecule has 0 unspecified atom stereocenters. The number of ether oxygens (including phenoxy) is 2. The molecule has 0 saturated carbocycles. The summed E-state index contributed by atoms with van der Waals surface area (Å²) in [4.78, 5) is 4.69. The van der Waals surface area contributed by atoms with Crippen LogP contribution in [0.15, 0.2) is 0 Å². The van der Waals surface area contributed by atoms with E-state index in [-0.39, 0.29) is 12.2 Å². The zero-order chi connectivity index (χ0) is 11.2. The van der Waals surface area contributed by atoms with Crippen molar-refractivity contribution in [2.24, 2.45) is 0 Å². The SMILES string of the molecule is [CH2][C@@H]1OC(C)(C)O[C@H]1c1sc(Cl)nc1Cl. The highest BCUT2D eigenvalue weighted by molar-refractivity contribution is 7.16. The van der Waals surface area contributed by atoms with E-state index in [2.05, 4.69) is 11.9 Å². The van der Waals surface area contributed by atoms with Gasteiger partial charge >= 0.3 is 0 Å². The molecule has 1 aromatic rings. The summed E-state index contributed by atoms with van der Waals surface area (Å²) in [6, 6.07) is 0. The molecular weight excluding hydrogens is 257 g/mol. The Morgan fingerprint density at radius 1 is 1.40 bits per heavy atom. The summed E-state index contributed by atoms with van der Waals surface area (Å²) in [7, 11) is 0. The van der Waals surface area contributed by atoms with Crippen molar-refractivity contribution in [1.29, 1.82) is 0 Å². The number of hydrogen-bond donors (Lipinski definition) is 0. The Labute approximate surface area is 102 Å². The van der Waals surface area contributed by atoms with Gasteiger partial charge in [0.25, 0.3) is 0 Å². The lowest BCUT2D eigenvalue weighted by atomic mass is 10.2. The van der Waals surface area contributed by atoms with Gasteiger partial charge in [0, 0.05) is 0 Å². The Morgan fingerprint density at radius 3 is 2.47 bits per heavy atom. The Balaban J connectivity index is 2.29. The third-order valence-electron chi connectivity index (χ3n) is 2.03. The van der Waals surface area contributed by atoms with Gasteiger partial charge in [-0.1, -0.05) is 23.2 Å². The quantitative estimate of drug-likeness (QED) is 0.780. The summed E-state index contributed by atoms with van der Waals surface area (Å²) in [5.74, 6) is -0.642. The molecule has 83 valence electrons. The number of thiazole rings is 1. The monoisotopic (exact) mass is 266 g/mol. The van der Waals surface area contributed by atoms with Gasteiger partial charge in [-0.25, -0.2) is 4.98 Å². The topological polar surface area (TPSA) is 31.4 Å². The van der Waals surface area contributed by atoms with Crippen molar-refractivity contribution in [3.63, 3.8) is 0 Å². The molecule has 0 bridgehead atoms. The zero-order valence-electron chi connectivity index (χ0n) is 8.29. The molecule has 1 fully saturated rings. The van der Waals surface area contributed by atoms with Crippen LogP contribution in [0, 0.1) is 6.92 Å². The number of hydrogen-bond acceptors (Lipinski definition) is 4. The van der Waals surface area contributed by atoms with Crippen LogP contribution >= 0.6 is 34.5 Å². The molecule has 0 spiro atoms. The number of nitrogens with zero attached hydrogens (tertiary/aromatic N) is 1. The first-order valence-electron chi connectivity index (χ1n) is 4.39. The van der Waals surface area contributed by atoms with E-state index in [1.165, 1.54) is 11.3 Å². The molecule has 2 rings (SSSR count). The molecule has 1 saturated heterocycles. The average molecular weight is 267 g/mol. The van der Waals surface area contributed by atoms with Crippen LogP contribution in [0.25, 0.3) is 0 Å². The summed E-state index contributed by atoms with van der Waals surface area (Å²) in [5.41, 5.74) is 0. The fraction of sp³-hybridized carbons (Fsp3) is 0.556.